The molecule has 0 aliphatic heterocycles. The Labute approximate surface area is 62.1 Å². The van der Waals surface area contributed by atoms with Crippen LogP contribution in [0.4, 0.5) is 0 Å². The largest absolute Gasteiger partial charge is 0.258 e. The molecular formula is C9H12N. The minimum atomic E-state index is 0.927. The fourth-order valence-electron chi connectivity index (χ4n) is 0.920. The fraction of sp³-hybridized carbons (Fsp3) is 0.333. The van der Waals surface area contributed by atoms with Gasteiger partial charge < -0.3 is 0 Å². The summed E-state index contributed by atoms with van der Waals surface area (Å²) in [6.07, 6.45) is 1.91. The van der Waals surface area contributed by atoms with Gasteiger partial charge in [-0.05, 0) is 31.9 Å². The van der Waals surface area contributed by atoms with Crippen molar-refractivity contribution in [3.63, 3.8) is 0 Å². The van der Waals surface area contributed by atoms with Gasteiger partial charge in [0.1, 0.15) is 0 Å². The zero-order chi connectivity index (χ0) is 7.40. The highest BCUT2D eigenvalue weighted by molar-refractivity contribution is 5.09. The Balaban J connectivity index is 2.75. The van der Waals surface area contributed by atoms with Gasteiger partial charge in [-0.1, -0.05) is 13.0 Å². The highest BCUT2D eigenvalue weighted by Gasteiger charge is 1.90. The minimum Gasteiger partial charge on any atom is -0.258 e. The van der Waals surface area contributed by atoms with E-state index in [-0.39, 0.29) is 0 Å². The molecule has 0 amide bonds. The fourth-order valence-corrected chi connectivity index (χ4v) is 0.920. The van der Waals surface area contributed by atoms with Gasteiger partial charge in [-0.25, -0.2) is 0 Å². The summed E-state index contributed by atoms with van der Waals surface area (Å²) in [6.45, 7) is 5.78. The molecule has 0 spiro atoms. The van der Waals surface area contributed by atoms with Gasteiger partial charge in [0.2, 0.25) is 0 Å². The Morgan fingerprint density at radius 2 is 2.30 bits per heavy atom. The molecular weight excluding hydrogens is 122 g/mol. The average molecular weight is 134 g/mol. The van der Waals surface area contributed by atoms with Crippen LogP contribution in [-0.4, -0.2) is 4.98 Å². The van der Waals surface area contributed by atoms with E-state index in [4.69, 9.17) is 0 Å². The van der Waals surface area contributed by atoms with E-state index in [9.17, 15) is 0 Å². The molecule has 0 saturated carbocycles. The van der Waals surface area contributed by atoms with Crippen LogP contribution < -0.4 is 0 Å². The van der Waals surface area contributed by atoms with Crippen molar-refractivity contribution in [2.75, 3.05) is 0 Å². The van der Waals surface area contributed by atoms with Crippen LogP contribution >= 0.6 is 0 Å². The zero-order valence-corrected chi connectivity index (χ0v) is 6.30. The lowest BCUT2D eigenvalue weighted by atomic mass is 10.2. The third-order valence-corrected chi connectivity index (χ3v) is 1.38. The molecule has 0 fully saturated rings. The van der Waals surface area contributed by atoms with Gasteiger partial charge in [-0.15, -0.1) is 0 Å². The highest BCUT2D eigenvalue weighted by Crippen LogP contribution is 1.99. The van der Waals surface area contributed by atoms with Crippen LogP contribution in [0, 0.1) is 13.8 Å². The van der Waals surface area contributed by atoms with Gasteiger partial charge in [0.25, 0.3) is 0 Å². The first-order valence-electron chi connectivity index (χ1n) is 3.54. The first kappa shape index (κ1) is 7.26. The first-order valence-corrected chi connectivity index (χ1v) is 3.54. The zero-order valence-electron chi connectivity index (χ0n) is 6.30. The van der Waals surface area contributed by atoms with Crippen molar-refractivity contribution < 1.29 is 0 Å². The van der Waals surface area contributed by atoms with Crippen LogP contribution in [0.1, 0.15) is 17.8 Å². The van der Waals surface area contributed by atoms with Crippen LogP contribution in [0.2, 0.25) is 0 Å². The summed E-state index contributed by atoms with van der Waals surface area (Å²) >= 11 is 0. The quantitative estimate of drug-likeness (QED) is 0.604. The first-order chi connectivity index (χ1) is 4.83. The van der Waals surface area contributed by atoms with Gasteiger partial charge in [-0.3, -0.25) is 4.98 Å². The Morgan fingerprint density at radius 1 is 1.50 bits per heavy atom. The van der Waals surface area contributed by atoms with Gasteiger partial charge in [0.15, 0.2) is 0 Å². The van der Waals surface area contributed by atoms with Crippen molar-refractivity contribution in [3.05, 3.63) is 36.5 Å². The third kappa shape index (κ3) is 1.83. The van der Waals surface area contributed by atoms with Crippen LogP contribution in [0.15, 0.2) is 18.2 Å². The van der Waals surface area contributed by atoms with Crippen molar-refractivity contribution in [1.82, 2.24) is 4.98 Å². The van der Waals surface area contributed by atoms with Gasteiger partial charge in [0.05, 0.1) is 0 Å². The molecule has 0 unspecified atom stereocenters. The molecule has 1 radical (unpaired) electrons. The Bertz CT molecular complexity index is 206. The standard InChI is InChI=1S/C9H12N/c1-3-5-9-7-4-6-8(2)10-9/h4,6-7H,1,3,5H2,2H3. The van der Waals surface area contributed by atoms with Gasteiger partial charge in [0, 0.05) is 11.4 Å². The van der Waals surface area contributed by atoms with Crippen molar-refractivity contribution in [3.8, 4) is 0 Å². The number of hydrogen-bond acceptors (Lipinski definition) is 1. The van der Waals surface area contributed by atoms with E-state index < -0.39 is 0 Å². The maximum atomic E-state index is 4.32. The van der Waals surface area contributed by atoms with Gasteiger partial charge in [-0.2, -0.15) is 0 Å². The number of aryl methyl sites for hydroxylation is 2. The van der Waals surface area contributed by atoms with Crippen LogP contribution in [0.3, 0.4) is 0 Å². The molecule has 0 bridgehead atoms. The molecule has 10 heavy (non-hydrogen) atoms. The second kappa shape index (κ2) is 3.35. The predicted molar refractivity (Wildman–Crippen MR) is 42.7 cm³/mol. The molecule has 1 nitrogen and oxygen atoms in total. The Hall–Kier alpha value is -0.850. The average Bonchev–Trinajstić information content (AvgIpc) is 1.88. The molecule has 0 aromatic carbocycles. The lowest BCUT2D eigenvalue weighted by Gasteiger charge is -1.97. The number of nitrogens with zero attached hydrogens (tertiary/aromatic N) is 1. The molecule has 1 heterocycles. The van der Waals surface area contributed by atoms with E-state index in [1.807, 2.05) is 25.1 Å². The molecule has 0 aliphatic rings. The lowest BCUT2D eigenvalue weighted by Crippen LogP contribution is -1.89. The lowest BCUT2D eigenvalue weighted by molar-refractivity contribution is 0.928. The molecule has 0 saturated heterocycles. The normalized spacial score (nSPS) is 9.80. The maximum Gasteiger partial charge on any atom is 0.0406 e. The maximum absolute atomic E-state index is 4.32. The van der Waals surface area contributed by atoms with Crippen molar-refractivity contribution in [1.29, 1.82) is 0 Å². The minimum absolute atomic E-state index is 0.927. The number of rotatable bonds is 2. The smallest absolute Gasteiger partial charge is 0.0406 e. The molecule has 1 aromatic rings. The summed E-state index contributed by atoms with van der Waals surface area (Å²) in [5.74, 6) is 0. The second-order valence-electron chi connectivity index (χ2n) is 2.37. The highest BCUT2D eigenvalue weighted by atomic mass is 14.7. The van der Waals surface area contributed by atoms with E-state index in [1.165, 1.54) is 0 Å². The van der Waals surface area contributed by atoms with E-state index in [0.29, 0.717) is 0 Å². The summed E-state index contributed by atoms with van der Waals surface area (Å²) in [6, 6.07) is 6.08. The number of pyridine rings is 1. The topological polar surface area (TPSA) is 12.9 Å². The number of aromatic nitrogens is 1. The third-order valence-electron chi connectivity index (χ3n) is 1.38. The van der Waals surface area contributed by atoms with E-state index in [0.717, 1.165) is 24.2 Å². The van der Waals surface area contributed by atoms with Crippen molar-refractivity contribution in [2.24, 2.45) is 0 Å². The molecule has 1 rings (SSSR count). The monoisotopic (exact) mass is 134 g/mol. The summed E-state index contributed by atoms with van der Waals surface area (Å²) < 4.78 is 0. The summed E-state index contributed by atoms with van der Waals surface area (Å²) in [5.41, 5.74) is 2.24. The summed E-state index contributed by atoms with van der Waals surface area (Å²) in [7, 11) is 0. The molecule has 1 aromatic heterocycles. The van der Waals surface area contributed by atoms with Crippen molar-refractivity contribution in [2.45, 2.75) is 19.8 Å². The molecule has 0 N–H and O–H groups in total. The Kier molecular flexibility index (Phi) is 2.43. The molecule has 0 atom stereocenters. The van der Waals surface area contributed by atoms with Crippen LogP contribution in [-0.2, 0) is 6.42 Å². The van der Waals surface area contributed by atoms with Gasteiger partial charge >= 0.3 is 0 Å². The number of hydrogen-bond donors (Lipinski definition) is 0. The van der Waals surface area contributed by atoms with Crippen LogP contribution in [0.25, 0.3) is 0 Å². The molecule has 0 aliphatic carbocycles. The molecule has 53 valence electrons. The molecule has 1 heteroatoms. The van der Waals surface area contributed by atoms with Crippen molar-refractivity contribution >= 4 is 0 Å². The summed E-state index contributed by atoms with van der Waals surface area (Å²) in [4.78, 5) is 4.32. The van der Waals surface area contributed by atoms with E-state index in [2.05, 4.69) is 11.9 Å². The van der Waals surface area contributed by atoms with Crippen LogP contribution in [0.5, 0.6) is 0 Å². The predicted octanol–water partition coefficient (Wildman–Crippen LogP) is 2.16. The summed E-state index contributed by atoms with van der Waals surface area (Å²) in [5, 5.41) is 0. The second-order valence-corrected chi connectivity index (χ2v) is 2.37. The van der Waals surface area contributed by atoms with E-state index in [1.54, 1.807) is 0 Å². The Morgan fingerprint density at radius 3 is 2.90 bits per heavy atom. The SMILES string of the molecule is [CH2]CCc1cccc(C)n1. The van der Waals surface area contributed by atoms with E-state index >= 15 is 0 Å².